The number of hydrazone groups is 1. The van der Waals surface area contributed by atoms with Gasteiger partial charge < -0.3 is 19.7 Å². The molecule has 3 aromatic carbocycles. The first-order valence-electron chi connectivity index (χ1n) is 12.7. The van der Waals surface area contributed by atoms with Gasteiger partial charge in [0.1, 0.15) is 18.9 Å². The number of nitrogens with zero attached hydrogens (tertiary/aromatic N) is 2. The second-order valence-corrected chi connectivity index (χ2v) is 8.64. The Balaban J connectivity index is 1.56. The first-order valence-corrected chi connectivity index (χ1v) is 12.7. The van der Waals surface area contributed by atoms with Crippen LogP contribution in [0, 0.1) is 0 Å². The highest BCUT2D eigenvalue weighted by Gasteiger charge is 2.16. The largest absolute Gasteiger partial charge is 0.486 e. The van der Waals surface area contributed by atoms with Gasteiger partial charge in [-0.05, 0) is 74.9 Å². The van der Waals surface area contributed by atoms with Gasteiger partial charge >= 0.3 is 0 Å². The highest BCUT2D eigenvalue weighted by atomic mass is 16.6. The van der Waals surface area contributed by atoms with Gasteiger partial charge in [-0.25, -0.2) is 5.43 Å². The Morgan fingerprint density at radius 3 is 2.26 bits per heavy atom. The van der Waals surface area contributed by atoms with Crippen molar-refractivity contribution in [2.24, 2.45) is 5.10 Å². The fourth-order valence-corrected chi connectivity index (χ4v) is 4.01. The Labute approximate surface area is 223 Å². The summed E-state index contributed by atoms with van der Waals surface area (Å²) in [4.78, 5) is 28.3. The molecule has 0 fully saturated rings. The topological polar surface area (TPSA) is 92.3 Å². The van der Waals surface area contributed by atoms with Crippen LogP contribution >= 0.6 is 0 Å². The molecule has 1 aliphatic heterocycles. The molecule has 0 aliphatic carbocycles. The quantitative estimate of drug-likeness (QED) is 0.248. The molecule has 0 bridgehead atoms. The predicted molar refractivity (Wildman–Crippen MR) is 150 cm³/mol. The summed E-state index contributed by atoms with van der Waals surface area (Å²) >= 11 is 0. The third kappa shape index (κ3) is 6.59. The average Bonchev–Trinajstić information content (AvgIpc) is 2.97. The van der Waals surface area contributed by atoms with Crippen LogP contribution in [0.2, 0.25) is 0 Å². The molecule has 196 valence electrons. The number of carbonyl (C=O) groups is 2. The van der Waals surface area contributed by atoms with Gasteiger partial charge in [-0.3, -0.25) is 9.59 Å². The van der Waals surface area contributed by atoms with Crippen LogP contribution in [0.1, 0.15) is 42.3 Å². The van der Waals surface area contributed by atoms with Crippen LogP contribution in [0.25, 0.3) is 6.08 Å². The van der Waals surface area contributed by atoms with E-state index in [4.69, 9.17) is 9.47 Å². The van der Waals surface area contributed by atoms with Crippen LogP contribution in [0.15, 0.2) is 83.6 Å². The first kappa shape index (κ1) is 26.5. The van der Waals surface area contributed by atoms with Crippen molar-refractivity contribution in [2.45, 2.75) is 20.8 Å². The van der Waals surface area contributed by atoms with E-state index in [1.54, 1.807) is 37.3 Å². The normalized spacial score (nSPS) is 13.0. The molecule has 0 saturated carbocycles. The lowest BCUT2D eigenvalue weighted by atomic mass is 10.1. The maximum absolute atomic E-state index is 13.2. The molecule has 1 heterocycles. The molecule has 3 aromatic rings. The first-order chi connectivity index (χ1) is 18.5. The number of anilines is 1. The van der Waals surface area contributed by atoms with Crippen LogP contribution in [0.5, 0.6) is 11.5 Å². The van der Waals surface area contributed by atoms with Gasteiger partial charge in [-0.15, -0.1) is 0 Å². The maximum atomic E-state index is 13.2. The van der Waals surface area contributed by atoms with E-state index < -0.39 is 5.91 Å². The predicted octanol–water partition coefficient (Wildman–Crippen LogP) is 4.62. The van der Waals surface area contributed by atoms with Crippen LogP contribution in [0.3, 0.4) is 0 Å². The summed E-state index contributed by atoms with van der Waals surface area (Å²) in [6, 6.07) is 22.1. The zero-order chi connectivity index (χ0) is 26.9. The Hall–Kier alpha value is -4.59. The molecular weight excluding hydrogens is 480 g/mol. The number of benzene rings is 3. The second kappa shape index (κ2) is 12.6. The summed E-state index contributed by atoms with van der Waals surface area (Å²) in [6.45, 7) is 8.77. The smallest absolute Gasteiger partial charge is 0.287 e. The molecule has 0 spiro atoms. The number of hydrogen-bond donors (Lipinski definition) is 2. The van der Waals surface area contributed by atoms with Crippen molar-refractivity contribution in [3.8, 4) is 11.5 Å². The fourth-order valence-electron chi connectivity index (χ4n) is 4.01. The average molecular weight is 513 g/mol. The van der Waals surface area contributed by atoms with Gasteiger partial charge in [0.25, 0.3) is 11.8 Å². The number of hydrogen-bond acceptors (Lipinski definition) is 6. The van der Waals surface area contributed by atoms with Crippen molar-refractivity contribution in [1.82, 2.24) is 10.7 Å². The van der Waals surface area contributed by atoms with Gasteiger partial charge in [0.15, 0.2) is 11.5 Å². The van der Waals surface area contributed by atoms with Crippen molar-refractivity contribution in [3.63, 3.8) is 0 Å². The molecule has 0 aromatic heterocycles. The van der Waals surface area contributed by atoms with Crippen LogP contribution in [0.4, 0.5) is 5.69 Å². The zero-order valence-electron chi connectivity index (χ0n) is 21.9. The van der Waals surface area contributed by atoms with E-state index >= 15 is 0 Å². The Morgan fingerprint density at radius 2 is 1.58 bits per heavy atom. The van der Waals surface area contributed by atoms with E-state index in [9.17, 15) is 9.59 Å². The molecule has 8 nitrogen and oxygen atoms in total. The lowest BCUT2D eigenvalue weighted by Gasteiger charge is -2.21. The summed E-state index contributed by atoms with van der Waals surface area (Å²) in [5.74, 6) is 0.384. The molecule has 2 amide bonds. The highest BCUT2D eigenvalue weighted by molar-refractivity contribution is 6.06. The van der Waals surface area contributed by atoms with Crippen molar-refractivity contribution >= 4 is 29.3 Å². The number of amides is 2. The van der Waals surface area contributed by atoms with E-state index in [2.05, 4.69) is 34.6 Å². The number of rotatable bonds is 9. The molecule has 0 saturated heterocycles. The molecule has 1 aliphatic rings. The minimum atomic E-state index is -0.543. The standard InChI is InChI=1S/C30H32N4O4/c1-4-34(5-2)25-14-11-22(12-15-25)19-26(31-29(35)23-9-7-6-8-10-23)30(36)33-32-21(3)24-13-16-27-28(20-24)38-18-17-37-27/h6-16,19-20H,4-5,17-18H2,1-3H3,(H,31,35)(H,33,36)/b26-19+,32-21?. The summed E-state index contributed by atoms with van der Waals surface area (Å²) in [6.07, 6.45) is 1.64. The Kier molecular flexibility index (Phi) is 8.77. The molecular formula is C30H32N4O4. The van der Waals surface area contributed by atoms with Crippen molar-refractivity contribution in [3.05, 3.63) is 95.2 Å². The van der Waals surface area contributed by atoms with Gasteiger partial charge in [0.2, 0.25) is 0 Å². The fraction of sp³-hybridized carbons (Fsp3) is 0.233. The zero-order valence-corrected chi connectivity index (χ0v) is 21.9. The lowest BCUT2D eigenvalue weighted by molar-refractivity contribution is -0.117. The van der Waals surface area contributed by atoms with E-state index in [-0.39, 0.29) is 11.6 Å². The lowest BCUT2D eigenvalue weighted by Crippen LogP contribution is -2.33. The van der Waals surface area contributed by atoms with Crippen LogP contribution in [-0.4, -0.2) is 43.8 Å². The van der Waals surface area contributed by atoms with Crippen molar-refractivity contribution in [1.29, 1.82) is 0 Å². The monoisotopic (exact) mass is 512 g/mol. The summed E-state index contributed by atoms with van der Waals surface area (Å²) in [7, 11) is 0. The van der Waals surface area contributed by atoms with Crippen LogP contribution < -0.4 is 25.1 Å². The molecule has 8 heteroatoms. The molecule has 0 atom stereocenters. The molecule has 4 rings (SSSR count). The number of nitrogens with one attached hydrogen (secondary N) is 2. The van der Waals surface area contributed by atoms with Gasteiger partial charge in [-0.1, -0.05) is 30.3 Å². The Morgan fingerprint density at radius 1 is 0.895 bits per heavy atom. The molecule has 0 unspecified atom stereocenters. The second-order valence-electron chi connectivity index (χ2n) is 8.64. The minimum absolute atomic E-state index is 0.0770. The molecule has 38 heavy (non-hydrogen) atoms. The minimum Gasteiger partial charge on any atom is -0.486 e. The third-order valence-corrected chi connectivity index (χ3v) is 6.15. The summed E-state index contributed by atoms with van der Waals surface area (Å²) < 4.78 is 11.2. The number of carbonyl (C=O) groups excluding carboxylic acids is 2. The van der Waals surface area contributed by atoms with Gasteiger partial charge in [0, 0.05) is 29.9 Å². The van der Waals surface area contributed by atoms with E-state index in [1.807, 2.05) is 48.5 Å². The number of fused-ring (bicyclic) bond motifs is 1. The van der Waals surface area contributed by atoms with E-state index in [0.29, 0.717) is 36.0 Å². The summed E-state index contributed by atoms with van der Waals surface area (Å²) in [5, 5.41) is 7.01. The van der Waals surface area contributed by atoms with Crippen molar-refractivity contribution in [2.75, 3.05) is 31.2 Å². The van der Waals surface area contributed by atoms with Crippen LogP contribution in [-0.2, 0) is 4.79 Å². The number of ether oxygens (including phenoxy) is 2. The summed E-state index contributed by atoms with van der Waals surface area (Å²) in [5.41, 5.74) is 6.31. The van der Waals surface area contributed by atoms with Crippen molar-refractivity contribution < 1.29 is 19.1 Å². The highest BCUT2D eigenvalue weighted by Crippen LogP contribution is 2.30. The maximum Gasteiger partial charge on any atom is 0.287 e. The Bertz CT molecular complexity index is 1330. The molecule has 2 N–H and O–H groups in total. The van der Waals surface area contributed by atoms with Gasteiger partial charge in [-0.2, -0.15) is 5.10 Å². The molecule has 0 radical (unpaired) electrons. The van der Waals surface area contributed by atoms with Gasteiger partial charge in [0.05, 0.1) is 5.71 Å². The SMILES string of the molecule is CCN(CC)c1ccc(/C=C(/NC(=O)c2ccccc2)C(=O)NN=C(C)c2ccc3c(c2)OCCO3)cc1. The van der Waals surface area contributed by atoms with E-state index in [1.165, 1.54) is 0 Å². The van der Waals surface area contributed by atoms with E-state index in [0.717, 1.165) is 29.9 Å². The third-order valence-electron chi connectivity index (χ3n) is 6.15.